The number of likely N-dealkylation sites (tertiary alicyclic amines) is 1. The van der Waals surface area contributed by atoms with Crippen LogP contribution in [0.3, 0.4) is 0 Å². The van der Waals surface area contributed by atoms with Crippen molar-refractivity contribution in [1.29, 1.82) is 0 Å². The van der Waals surface area contributed by atoms with Gasteiger partial charge in [0.2, 0.25) is 5.28 Å². The van der Waals surface area contributed by atoms with Gasteiger partial charge in [0.1, 0.15) is 6.20 Å². The summed E-state index contributed by atoms with van der Waals surface area (Å²) in [5.41, 5.74) is -0.260. The molecule has 1 aliphatic rings. The molecule has 1 unspecified atom stereocenters. The van der Waals surface area contributed by atoms with Gasteiger partial charge in [0.05, 0.1) is 11.5 Å². The molecule has 1 saturated heterocycles. The highest BCUT2D eigenvalue weighted by Crippen LogP contribution is 2.25. The molecule has 1 aromatic rings. The lowest BCUT2D eigenvalue weighted by molar-refractivity contribution is -0.386. The molecule has 0 radical (unpaired) electrons. The fourth-order valence-corrected chi connectivity index (χ4v) is 2.33. The fraction of sp³-hybridized carbons (Fsp3) is 0.636. The van der Waals surface area contributed by atoms with Gasteiger partial charge in [-0.05, 0) is 44.5 Å². The largest absolute Gasteiger partial charge is 0.473 e. The SMILES string of the molecule is CN1CCCC1CCOc1nc(Cl)ncc1[N+](=O)[O-]. The first-order valence-corrected chi connectivity index (χ1v) is 6.45. The van der Waals surface area contributed by atoms with E-state index in [9.17, 15) is 10.1 Å². The van der Waals surface area contributed by atoms with E-state index in [0.717, 1.165) is 25.6 Å². The molecular weight excluding hydrogens is 272 g/mol. The molecule has 8 heteroatoms. The molecule has 1 aliphatic heterocycles. The Labute approximate surface area is 115 Å². The van der Waals surface area contributed by atoms with Crippen molar-refractivity contribution in [2.24, 2.45) is 0 Å². The number of hydrogen-bond acceptors (Lipinski definition) is 6. The minimum absolute atomic E-state index is 0.0569. The van der Waals surface area contributed by atoms with E-state index in [0.29, 0.717) is 12.6 Å². The van der Waals surface area contributed by atoms with Crippen LogP contribution in [0, 0.1) is 10.1 Å². The van der Waals surface area contributed by atoms with Crippen molar-refractivity contribution in [3.05, 3.63) is 21.6 Å². The average Bonchev–Trinajstić information content (AvgIpc) is 2.75. The zero-order valence-electron chi connectivity index (χ0n) is 10.6. The van der Waals surface area contributed by atoms with Gasteiger partial charge in [-0.2, -0.15) is 4.98 Å². The molecule has 0 amide bonds. The Morgan fingerprint density at radius 1 is 1.68 bits per heavy atom. The van der Waals surface area contributed by atoms with Crippen LogP contribution in [-0.2, 0) is 0 Å². The molecule has 0 bridgehead atoms. The predicted octanol–water partition coefficient (Wildman–Crippen LogP) is 1.90. The van der Waals surface area contributed by atoms with Gasteiger partial charge in [0, 0.05) is 6.04 Å². The molecule has 0 saturated carbocycles. The third-order valence-corrected chi connectivity index (χ3v) is 3.45. The summed E-state index contributed by atoms with van der Waals surface area (Å²) >= 11 is 5.62. The Kier molecular flexibility index (Phi) is 4.49. The maximum atomic E-state index is 10.8. The van der Waals surface area contributed by atoms with Crippen LogP contribution < -0.4 is 4.74 Å². The fourth-order valence-electron chi connectivity index (χ4n) is 2.21. The van der Waals surface area contributed by atoms with E-state index < -0.39 is 4.92 Å². The van der Waals surface area contributed by atoms with Crippen LogP contribution >= 0.6 is 11.6 Å². The molecule has 104 valence electrons. The van der Waals surface area contributed by atoms with Crippen molar-refractivity contribution in [2.45, 2.75) is 25.3 Å². The van der Waals surface area contributed by atoms with Gasteiger partial charge in [0.15, 0.2) is 0 Å². The van der Waals surface area contributed by atoms with Crippen LogP contribution in [0.4, 0.5) is 5.69 Å². The third-order valence-electron chi connectivity index (χ3n) is 3.26. The van der Waals surface area contributed by atoms with E-state index in [1.807, 2.05) is 0 Å². The molecule has 7 nitrogen and oxygen atoms in total. The number of ether oxygens (including phenoxy) is 1. The van der Waals surface area contributed by atoms with Crippen molar-refractivity contribution in [1.82, 2.24) is 14.9 Å². The second kappa shape index (κ2) is 6.12. The predicted molar refractivity (Wildman–Crippen MR) is 69.5 cm³/mol. The van der Waals surface area contributed by atoms with E-state index in [1.165, 1.54) is 6.42 Å². The number of hydrogen-bond donors (Lipinski definition) is 0. The summed E-state index contributed by atoms with van der Waals surface area (Å²) < 4.78 is 5.39. The van der Waals surface area contributed by atoms with Gasteiger partial charge in [-0.1, -0.05) is 0 Å². The zero-order valence-corrected chi connectivity index (χ0v) is 11.3. The topological polar surface area (TPSA) is 81.4 Å². The third kappa shape index (κ3) is 3.51. The normalized spacial score (nSPS) is 19.6. The van der Waals surface area contributed by atoms with Crippen LogP contribution in [0.25, 0.3) is 0 Å². The summed E-state index contributed by atoms with van der Waals surface area (Å²) in [5.74, 6) is -0.0642. The Bertz CT molecular complexity index is 471. The lowest BCUT2D eigenvalue weighted by atomic mass is 10.1. The van der Waals surface area contributed by atoms with E-state index in [4.69, 9.17) is 16.3 Å². The van der Waals surface area contributed by atoms with E-state index in [2.05, 4.69) is 21.9 Å². The Morgan fingerprint density at radius 2 is 2.47 bits per heavy atom. The number of halogens is 1. The van der Waals surface area contributed by atoms with Gasteiger partial charge in [-0.3, -0.25) is 10.1 Å². The van der Waals surface area contributed by atoms with Crippen LogP contribution in [-0.4, -0.2) is 46.0 Å². The first-order chi connectivity index (χ1) is 9.08. The van der Waals surface area contributed by atoms with Crippen molar-refractivity contribution in [3.8, 4) is 5.88 Å². The summed E-state index contributed by atoms with van der Waals surface area (Å²) in [5, 5.41) is 10.7. The molecule has 1 atom stereocenters. The lowest BCUT2D eigenvalue weighted by Crippen LogP contribution is -2.26. The average molecular weight is 287 g/mol. The molecular formula is C11H15ClN4O3. The summed E-state index contributed by atoms with van der Waals surface area (Å²) in [6.45, 7) is 1.47. The Hall–Kier alpha value is -1.47. The molecule has 1 aromatic heterocycles. The highest BCUT2D eigenvalue weighted by atomic mass is 35.5. The highest BCUT2D eigenvalue weighted by molar-refractivity contribution is 6.28. The van der Waals surface area contributed by atoms with Crippen LogP contribution in [0.1, 0.15) is 19.3 Å². The van der Waals surface area contributed by atoms with Crippen molar-refractivity contribution in [2.75, 3.05) is 20.2 Å². The van der Waals surface area contributed by atoms with Gasteiger partial charge >= 0.3 is 5.69 Å². The Morgan fingerprint density at radius 3 is 3.11 bits per heavy atom. The highest BCUT2D eigenvalue weighted by Gasteiger charge is 2.22. The first kappa shape index (κ1) is 14.0. The molecule has 0 N–H and O–H groups in total. The molecule has 0 spiro atoms. The first-order valence-electron chi connectivity index (χ1n) is 6.08. The molecule has 2 rings (SSSR count). The maximum absolute atomic E-state index is 10.8. The number of rotatable bonds is 5. The Balaban J connectivity index is 1.95. The van der Waals surface area contributed by atoms with Crippen molar-refractivity contribution in [3.63, 3.8) is 0 Å². The lowest BCUT2D eigenvalue weighted by Gasteiger charge is -2.18. The zero-order chi connectivity index (χ0) is 13.8. The maximum Gasteiger partial charge on any atom is 0.349 e. The monoisotopic (exact) mass is 286 g/mol. The quantitative estimate of drug-likeness (QED) is 0.467. The second-order valence-corrected chi connectivity index (χ2v) is 4.84. The van der Waals surface area contributed by atoms with Crippen molar-refractivity contribution < 1.29 is 9.66 Å². The summed E-state index contributed by atoms with van der Waals surface area (Å²) in [6, 6.07) is 0.469. The van der Waals surface area contributed by atoms with Gasteiger partial charge < -0.3 is 9.64 Å². The molecule has 0 aromatic carbocycles. The van der Waals surface area contributed by atoms with Crippen LogP contribution in [0.5, 0.6) is 5.88 Å². The van der Waals surface area contributed by atoms with Crippen LogP contribution in [0.2, 0.25) is 5.28 Å². The molecule has 1 fully saturated rings. The van der Waals surface area contributed by atoms with Crippen molar-refractivity contribution >= 4 is 17.3 Å². The summed E-state index contributed by atoms with van der Waals surface area (Å²) in [4.78, 5) is 19.8. The van der Waals surface area contributed by atoms with Gasteiger partial charge in [0.25, 0.3) is 5.88 Å². The summed E-state index contributed by atoms with van der Waals surface area (Å²) in [6.07, 6.45) is 4.19. The summed E-state index contributed by atoms with van der Waals surface area (Å²) in [7, 11) is 2.07. The molecule has 0 aliphatic carbocycles. The van der Waals surface area contributed by atoms with Gasteiger partial charge in [-0.25, -0.2) is 4.98 Å². The smallest absolute Gasteiger partial charge is 0.349 e. The minimum Gasteiger partial charge on any atom is -0.473 e. The minimum atomic E-state index is -0.576. The second-order valence-electron chi connectivity index (χ2n) is 4.50. The molecule has 19 heavy (non-hydrogen) atoms. The van der Waals surface area contributed by atoms with Crippen LogP contribution in [0.15, 0.2) is 6.20 Å². The number of aromatic nitrogens is 2. The van der Waals surface area contributed by atoms with Gasteiger partial charge in [-0.15, -0.1) is 0 Å². The van der Waals surface area contributed by atoms with E-state index in [-0.39, 0.29) is 16.9 Å². The molecule has 2 heterocycles. The van der Waals surface area contributed by atoms with E-state index in [1.54, 1.807) is 0 Å². The standard InChI is InChI=1S/C11H15ClN4O3/c1-15-5-2-3-8(15)4-6-19-10-9(16(17)18)7-13-11(12)14-10/h7-8H,2-6H2,1H3. The number of nitro groups is 1. The van der Waals surface area contributed by atoms with E-state index >= 15 is 0 Å². The number of nitrogens with zero attached hydrogens (tertiary/aromatic N) is 4.